The number of benzene rings is 1. The Morgan fingerprint density at radius 3 is 2.67 bits per heavy atom. The Labute approximate surface area is 87.4 Å². The van der Waals surface area contributed by atoms with E-state index in [0.29, 0.717) is 5.69 Å². The summed E-state index contributed by atoms with van der Waals surface area (Å²) in [5.41, 5.74) is 1.19. The Bertz CT molecular complexity index is 520. The molecular weight excluding hydrogens is 188 g/mol. The number of hydrogen-bond donors (Lipinski definition) is 0. The normalized spacial score (nSPS) is 9.53. The predicted molar refractivity (Wildman–Crippen MR) is 56.7 cm³/mol. The van der Waals surface area contributed by atoms with Gasteiger partial charge in [-0.15, -0.1) is 6.42 Å². The van der Waals surface area contributed by atoms with Crippen LogP contribution in [0.4, 0.5) is 0 Å². The van der Waals surface area contributed by atoms with Crippen LogP contribution in [0.2, 0.25) is 0 Å². The van der Waals surface area contributed by atoms with E-state index in [9.17, 15) is 4.79 Å². The molecule has 0 spiro atoms. The second-order valence-electron chi connectivity index (χ2n) is 2.95. The van der Waals surface area contributed by atoms with Gasteiger partial charge in [0.1, 0.15) is 5.69 Å². The molecule has 0 bridgehead atoms. The molecule has 0 aliphatic carbocycles. The Hall–Kier alpha value is -2.34. The van der Waals surface area contributed by atoms with Crippen LogP contribution in [-0.4, -0.2) is 15.6 Å². The van der Waals surface area contributed by atoms with Gasteiger partial charge in [-0.1, -0.05) is 18.2 Å². The Morgan fingerprint density at radius 1 is 1.27 bits per heavy atom. The summed E-state index contributed by atoms with van der Waals surface area (Å²) in [6.07, 6.45) is 6.71. The molecular formula is C12H8N2O. The zero-order chi connectivity index (χ0) is 10.7. The number of terminal acetylenes is 1. The van der Waals surface area contributed by atoms with Crippen molar-refractivity contribution < 1.29 is 4.79 Å². The van der Waals surface area contributed by atoms with Gasteiger partial charge in [0.15, 0.2) is 0 Å². The van der Waals surface area contributed by atoms with Crippen LogP contribution in [0.15, 0.2) is 42.6 Å². The minimum absolute atomic E-state index is 0.293. The summed E-state index contributed by atoms with van der Waals surface area (Å²) in [4.78, 5) is 11.1. The second kappa shape index (κ2) is 3.81. The lowest BCUT2D eigenvalue weighted by Crippen LogP contribution is -1.99. The molecule has 3 nitrogen and oxygen atoms in total. The van der Waals surface area contributed by atoms with Crippen LogP contribution in [-0.2, 0) is 0 Å². The predicted octanol–water partition coefficient (Wildman–Crippen LogP) is 1.69. The fourth-order valence-electron chi connectivity index (χ4n) is 1.24. The largest absolute Gasteiger partial charge is 0.277 e. The molecule has 1 heterocycles. The monoisotopic (exact) mass is 196 g/mol. The molecule has 3 heteroatoms. The van der Waals surface area contributed by atoms with Gasteiger partial charge in [-0.2, -0.15) is 5.10 Å². The van der Waals surface area contributed by atoms with Crippen LogP contribution in [0.3, 0.4) is 0 Å². The summed E-state index contributed by atoms with van der Waals surface area (Å²) >= 11 is 0. The quantitative estimate of drug-likeness (QED) is 0.416. The van der Waals surface area contributed by atoms with E-state index in [0.717, 1.165) is 5.69 Å². The lowest BCUT2D eigenvalue weighted by molar-refractivity contribution is 0.105. The number of Topliss-reactive ketones (excluding diaryl/α,β-unsaturated/α-hetero) is 1. The first-order valence-electron chi connectivity index (χ1n) is 4.43. The molecule has 0 atom stereocenters. The third-order valence-electron chi connectivity index (χ3n) is 1.97. The minimum Gasteiger partial charge on any atom is -0.277 e. The molecule has 2 rings (SSSR count). The van der Waals surface area contributed by atoms with Gasteiger partial charge in [-0.25, -0.2) is 4.68 Å². The fraction of sp³-hybridized carbons (Fsp3) is 0. The Kier molecular flexibility index (Phi) is 2.34. The third kappa shape index (κ3) is 1.79. The topological polar surface area (TPSA) is 34.9 Å². The number of carbonyl (C=O) groups excluding carboxylic acids is 1. The highest BCUT2D eigenvalue weighted by atomic mass is 16.1. The molecule has 0 unspecified atom stereocenters. The van der Waals surface area contributed by atoms with Gasteiger partial charge in [-0.05, 0) is 24.1 Å². The highest BCUT2D eigenvalue weighted by molar-refractivity contribution is 6.07. The van der Waals surface area contributed by atoms with Crippen LogP contribution >= 0.6 is 0 Å². The molecule has 15 heavy (non-hydrogen) atoms. The maximum absolute atomic E-state index is 11.1. The molecule has 0 N–H and O–H groups in total. The van der Waals surface area contributed by atoms with Crippen molar-refractivity contribution in [2.45, 2.75) is 0 Å². The highest BCUT2D eigenvalue weighted by Crippen LogP contribution is 2.06. The third-order valence-corrected chi connectivity index (χ3v) is 1.97. The number of aromatic nitrogens is 2. The summed E-state index contributed by atoms with van der Waals surface area (Å²) in [6, 6.07) is 11.1. The summed E-state index contributed by atoms with van der Waals surface area (Å²) < 4.78 is 1.62. The van der Waals surface area contributed by atoms with Gasteiger partial charge in [-0.3, -0.25) is 4.79 Å². The lowest BCUT2D eigenvalue weighted by Gasteiger charge is -1.98. The molecule has 1 aromatic heterocycles. The van der Waals surface area contributed by atoms with Crippen molar-refractivity contribution >= 4 is 5.78 Å². The van der Waals surface area contributed by atoms with E-state index in [2.05, 4.69) is 5.10 Å². The van der Waals surface area contributed by atoms with Crippen molar-refractivity contribution in [2.75, 3.05) is 0 Å². The Morgan fingerprint density at radius 2 is 2.00 bits per heavy atom. The van der Waals surface area contributed by atoms with Crippen LogP contribution in [0, 0.1) is 12.3 Å². The van der Waals surface area contributed by atoms with Gasteiger partial charge in [0.2, 0.25) is 0 Å². The Balaban J connectivity index is 2.37. The molecule has 0 aliphatic rings. The summed E-state index contributed by atoms with van der Waals surface area (Å²) in [5, 5.41) is 4.08. The van der Waals surface area contributed by atoms with E-state index in [-0.39, 0.29) is 0 Å². The molecule has 0 saturated carbocycles. The van der Waals surface area contributed by atoms with Gasteiger partial charge >= 0.3 is 0 Å². The van der Waals surface area contributed by atoms with Crippen LogP contribution in [0.1, 0.15) is 10.5 Å². The fourth-order valence-corrected chi connectivity index (χ4v) is 1.24. The van der Waals surface area contributed by atoms with Crippen molar-refractivity contribution in [1.29, 1.82) is 0 Å². The average Bonchev–Trinajstić information content (AvgIpc) is 2.78. The molecule has 0 fully saturated rings. The minimum atomic E-state index is -0.398. The zero-order valence-corrected chi connectivity index (χ0v) is 7.92. The van der Waals surface area contributed by atoms with Gasteiger partial charge in [0, 0.05) is 6.20 Å². The first kappa shape index (κ1) is 9.22. The van der Waals surface area contributed by atoms with E-state index >= 15 is 0 Å². The van der Waals surface area contributed by atoms with Crippen molar-refractivity contribution in [2.24, 2.45) is 0 Å². The summed E-state index contributed by atoms with van der Waals surface area (Å²) in [6.45, 7) is 0. The first-order valence-corrected chi connectivity index (χ1v) is 4.43. The maximum Gasteiger partial charge on any atom is 0.255 e. The number of nitrogens with zero attached hydrogens (tertiary/aromatic N) is 2. The second-order valence-corrected chi connectivity index (χ2v) is 2.95. The van der Waals surface area contributed by atoms with Gasteiger partial charge in [0.25, 0.3) is 5.78 Å². The summed E-state index contributed by atoms with van der Waals surface area (Å²) in [7, 11) is 0. The van der Waals surface area contributed by atoms with Crippen molar-refractivity contribution in [3.63, 3.8) is 0 Å². The molecule has 0 amide bonds. The maximum atomic E-state index is 11.1. The van der Waals surface area contributed by atoms with Crippen molar-refractivity contribution in [3.8, 4) is 18.0 Å². The highest BCUT2D eigenvalue weighted by Gasteiger charge is 2.06. The average molecular weight is 196 g/mol. The smallest absolute Gasteiger partial charge is 0.255 e. The zero-order valence-electron chi connectivity index (χ0n) is 7.92. The standard InChI is InChI=1S/C12H8N2O/c1-2-12(15)11-8-9-14(13-11)10-6-4-3-5-7-10/h1,3-9H. The van der Waals surface area contributed by atoms with Crippen LogP contribution in [0.25, 0.3) is 5.69 Å². The van der Waals surface area contributed by atoms with E-state index < -0.39 is 5.78 Å². The molecule has 72 valence electrons. The van der Waals surface area contributed by atoms with Crippen LogP contribution < -0.4 is 0 Å². The lowest BCUT2D eigenvalue weighted by atomic mass is 10.3. The number of rotatable bonds is 2. The molecule has 2 aromatic rings. The number of ketones is 1. The van der Waals surface area contributed by atoms with Crippen molar-refractivity contribution in [3.05, 3.63) is 48.3 Å². The number of carbonyl (C=O) groups is 1. The molecule has 0 radical (unpaired) electrons. The number of hydrogen-bond acceptors (Lipinski definition) is 2. The van der Waals surface area contributed by atoms with Gasteiger partial charge in [0.05, 0.1) is 5.69 Å². The summed E-state index contributed by atoms with van der Waals surface area (Å²) in [5.74, 6) is 1.63. The van der Waals surface area contributed by atoms with Crippen molar-refractivity contribution in [1.82, 2.24) is 9.78 Å². The van der Waals surface area contributed by atoms with Gasteiger partial charge < -0.3 is 0 Å². The first-order chi connectivity index (χ1) is 7.31. The van der Waals surface area contributed by atoms with E-state index in [4.69, 9.17) is 6.42 Å². The molecule has 1 aromatic carbocycles. The number of para-hydroxylation sites is 1. The van der Waals surface area contributed by atoms with Crippen LogP contribution in [0.5, 0.6) is 0 Å². The van der Waals surface area contributed by atoms with E-state index in [1.165, 1.54) is 0 Å². The van der Waals surface area contributed by atoms with E-state index in [1.807, 2.05) is 36.3 Å². The molecule has 0 aliphatic heterocycles. The molecule has 0 saturated heterocycles. The van der Waals surface area contributed by atoms with E-state index in [1.54, 1.807) is 16.9 Å². The SMILES string of the molecule is C#CC(=O)c1ccn(-c2ccccc2)n1.